The molecule has 0 saturated heterocycles. The molecule has 5 nitrogen and oxygen atoms in total. The van der Waals surface area contributed by atoms with E-state index in [-0.39, 0.29) is 5.41 Å². The average molecular weight is 281 g/mol. The van der Waals surface area contributed by atoms with Crippen LogP contribution in [0.4, 0.5) is 11.4 Å². The smallest absolute Gasteiger partial charge is 0.162 e. The van der Waals surface area contributed by atoms with Gasteiger partial charge in [0.2, 0.25) is 0 Å². The van der Waals surface area contributed by atoms with E-state index in [1.807, 2.05) is 6.07 Å². The van der Waals surface area contributed by atoms with Crippen LogP contribution < -0.4 is 20.5 Å². The lowest BCUT2D eigenvalue weighted by Gasteiger charge is -2.29. The molecule has 0 unspecified atom stereocenters. The Morgan fingerprint density at radius 2 is 1.70 bits per heavy atom. The fourth-order valence-electron chi connectivity index (χ4n) is 2.29. The van der Waals surface area contributed by atoms with Gasteiger partial charge in [-0.2, -0.15) is 0 Å². The van der Waals surface area contributed by atoms with E-state index < -0.39 is 0 Å². The molecule has 0 aliphatic carbocycles. The first-order chi connectivity index (χ1) is 9.29. The lowest BCUT2D eigenvalue weighted by molar-refractivity contribution is 0.254. The normalized spacial score (nSPS) is 11.6. The summed E-state index contributed by atoms with van der Waals surface area (Å²) in [5.41, 5.74) is 7.71. The van der Waals surface area contributed by atoms with Gasteiger partial charge in [-0.05, 0) is 19.5 Å². The molecule has 0 aliphatic heterocycles. The van der Waals surface area contributed by atoms with Gasteiger partial charge >= 0.3 is 0 Å². The van der Waals surface area contributed by atoms with Crippen LogP contribution in [0.2, 0.25) is 0 Å². The zero-order chi connectivity index (χ0) is 15.3. The maximum Gasteiger partial charge on any atom is 0.162 e. The van der Waals surface area contributed by atoms with Crippen LogP contribution in [0, 0.1) is 5.41 Å². The second-order valence-corrected chi connectivity index (χ2v) is 6.05. The number of ether oxygens (including phenoxy) is 2. The Labute approximate surface area is 122 Å². The molecule has 1 rings (SSSR count). The zero-order valence-electron chi connectivity index (χ0n) is 13.4. The number of methoxy groups -OCH3 is 2. The van der Waals surface area contributed by atoms with Crippen molar-refractivity contribution in [2.45, 2.75) is 13.8 Å². The number of hydrogen-bond donors (Lipinski definition) is 2. The molecule has 0 atom stereocenters. The fraction of sp³-hybridized carbons (Fsp3) is 0.600. The number of rotatable bonds is 7. The number of hydrogen-bond acceptors (Lipinski definition) is 5. The summed E-state index contributed by atoms with van der Waals surface area (Å²) in [4.78, 5) is 2.18. The van der Waals surface area contributed by atoms with Crippen LogP contribution >= 0.6 is 0 Å². The number of nitrogens with zero attached hydrogens (tertiary/aromatic N) is 1. The van der Waals surface area contributed by atoms with Gasteiger partial charge in [0.1, 0.15) is 0 Å². The molecule has 0 amide bonds. The summed E-state index contributed by atoms with van der Waals surface area (Å²) >= 11 is 0. The summed E-state index contributed by atoms with van der Waals surface area (Å²) in [6.45, 7) is 6.26. The molecule has 0 aromatic heterocycles. The molecular formula is C15H27N3O2. The van der Waals surface area contributed by atoms with Crippen LogP contribution in [0.15, 0.2) is 12.1 Å². The molecule has 5 heteroatoms. The number of nitrogens with two attached hydrogens (primary N) is 1. The first-order valence-corrected chi connectivity index (χ1v) is 6.69. The Morgan fingerprint density at radius 3 is 2.20 bits per heavy atom. The maximum absolute atomic E-state index is 6.04. The second kappa shape index (κ2) is 6.70. The van der Waals surface area contributed by atoms with Gasteiger partial charge in [0.25, 0.3) is 0 Å². The second-order valence-electron chi connectivity index (χ2n) is 6.05. The van der Waals surface area contributed by atoms with Crippen LogP contribution in [0.25, 0.3) is 0 Å². The van der Waals surface area contributed by atoms with E-state index in [4.69, 9.17) is 15.2 Å². The topological polar surface area (TPSA) is 59.8 Å². The molecule has 114 valence electrons. The predicted molar refractivity (Wildman–Crippen MR) is 84.8 cm³/mol. The minimum absolute atomic E-state index is 0.142. The van der Waals surface area contributed by atoms with Gasteiger partial charge in [-0.3, -0.25) is 0 Å². The van der Waals surface area contributed by atoms with Crippen molar-refractivity contribution in [3.05, 3.63) is 12.1 Å². The molecule has 1 aromatic carbocycles. The third-order valence-corrected chi connectivity index (χ3v) is 3.06. The molecular weight excluding hydrogens is 254 g/mol. The van der Waals surface area contributed by atoms with Crippen LogP contribution in [0.1, 0.15) is 13.8 Å². The van der Waals surface area contributed by atoms with Gasteiger partial charge in [-0.15, -0.1) is 0 Å². The van der Waals surface area contributed by atoms with Crippen molar-refractivity contribution in [1.29, 1.82) is 0 Å². The fourth-order valence-corrected chi connectivity index (χ4v) is 2.29. The third-order valence-electron chi connectivity index (χ3n) is 3.06. The van der Waals surface area contributed by atoms with Crippen molar-refractivity contribution in [2.24, 2.45) is 5.41 Å². The Kier molecular flexibility index (Phi) is 5.51. The van der Waals surface area contributed by atoms with Crippen LogP contribution in [0.5, 0.6) is 11.5 Å². The maximum atomic E-state index is 6.04. The SMILES string of the molecule is COc1cc(N)c(NCC(C)(C)CN(C)C)cc1OC. The van der Waals surface area contributed by atoms with E-state index in [1.165, 1.54) is 0 Å². The molecule has 0 fully saturated rings. The number of benzene rings is 1. The Balaban J connectivity index is 2.82. The van der Waals surface area contributed by atoms with Crippen LogP contribution in [-0.4, -0.2) is 46.3 Å². The average Bonchev–Trinajstić information content (AvgIpc) is 2.35. The Hall–Kier alpha value is -1.62. The molecule has 0 aliphatic rings. The standard InChI is InChI=1S/C15H27N3O2/c1-15(2,10-18(3)4)9-17-12-8-14(20-6)13(19-5)7-11(12)16/h7-8,17H,9-10,16H2,1-6H3. The Bertz CT molecular complexity index is 445. The summed E-state index contributed by atoms with van der Waals surface area (Å²) in [6.07, 6.45) is 0. The highest BCUT2D eigenvalue weighted by Crippen LogP contribution is 2.35. The predicted octanol–water partition coefficient (Wildman–Crippen LogP) is 2.29. The third kappa shape index (κ3) is 4.49. The monoisotopic (exact) mass is 281 g/mol. The van der Waals surface area contributed by atoms with Crippen LogP contribution in [0.3, 0.4) is 0 Å². The summed E-state index contributed by atoms with van der Waals surface area (Å²) in [7, 11) is 7.37. The largest absolute Gasteiger partial charge is 0.493 e. The lowest BCUT2D eigenvalue weighted by Crippen LogP contribution is -2.34. The molecule has 0 heterocycles. The van der Waals surface area contributed by atoms with E-state index >= 15 is 0 Å². The highest BCUT2D eigenvalue weighted by atomic mass is 16.5. The molecule has 1 aromatic rings. The minimum Gasteiger partial charge on any atom is -0.493 e. The number of nitrogens with one attached hydrogen (secondary N) is 1. The van der Waals surface area contributed by atoms with E-state index in [0.717, 1.165) is 18.8 Å². The van der Waals surface area contributed by atoms with Gasteiger partial charge in [-0.1, -0.05) is 13.8 Å². The number of nitrogen functional groups attached to an aromatic ring is 1. The summed E-state index contributed by atoms with van der Waals surface area (Å²) in [5.74, 6) is 1.32. The van der Waals surface area contributed by atoms with Crippen LogP contribution in [-0.2, 0) is 0 Å². The molecule has 0 bridgehead atoms. The van der Waals surface area contributed by atoms with Crippen molar-refractivity contribution in [3.8, 4) is 11.5 Å². The molecule has 0 saturated carbocycles. The molecule has 0 spiro atoms. The molecule has 0 radical (unpaired) electrons. The highest BCUT2D eigenvalue weighted by Gasteiger charge is 2.19. The van der Waals surface area contributed by atoms with Crippen molar-refractivity contribution in [3.63, 3.8) is 0 Å². The van der Waals surface area contributed by atoms with Gasteiger partial charge in [0.15, 0.2) is 11.5 Å². The summed E-state index contributed by atoms with van der Waals surface area (Å²) < 4.78 is 10.5. The quantitative estimate of drug-likeness (QED) is 0.751. The highest BCUT2D eigenvalue weighted by molar-refractivity contribution is 5.72. The van der Waals surface area contributed by atoms with E-state index in [0.29, 0.717) is 17.2 Å². The minimum atomic E-state index is 0.142. The summed E-state index contributed by atoms with van der Waals surface area (Å²) in [5, 5.41) is 3.40. The first-order valence-electron chi connectivity index (χ1n) is 6.69. The number of anilines is 2. The molecule has 3 N–H and O–H groups in total. The zero-order valence-corrected chi connectivity index (χ0v) is 13.4. The summed E-state index contributed by atoms with van der Waals surface area (Å²) in [6, 6.07) is 3.65. The van der Waals surface area contributed by atoms with Crippen molar-refractivity contribution in [2.75, 3.05) is 52.5 Å². The van der Waals surface area contributed by atoms with Gasteiger partial charge in [0.05, 0.1) is 25.6 Å². The van der Waals surface area contributed by atoms with E-state index in [2.05, 4.69) is 38.2 Å². The first kappa shape index (κ1) is 16.4. The van der Waals surface area contributed by atoms with Gasteiger partial charge in [0, 0.05) is 25.2 Å². The molecule has 20 heavy (non-hydrogen) atoms. The van der Waals surface area contributed by atoms with Crippen molar-refractivity contribution in [1.82, 2.24) is 4.90 Å². The van der Waals surface area contributed by atoms with Gasteiger partial charge in [-0.25, -0.2) is 0 Å². The lowest BCUT2D eigenvalue weighted by atomic mass is 9.93. The Morgan fingerprint density at radius 1 is 1.15 bits per heavy atom. The van der Waals surface area contributed by atoms with E-state index in [9.17, 15) is 0 Å². The van der Waals surface area contributed by atoms with Crippen molar-refractivity contribution < 1.29 is 9.47 Å². The van der Waals surface area contributed by atoms with E-state index in [1.54, 1.807) is 20.3 Å². The van der Waals surface area contributed by atoms with Gasteiger partial charge < -0.3 is 25.4 Å². The van der Waals surface area contributed by atoms with Crippen molar-refractivity contribution >= 4 is 11.4 Å².